The lowest BCUT2D eigenvalue weighted by atomic mass is 9.84. The van der Waals surface area contributed by atoms with E-state index in [-0.39, 0.29) is 11.9 Å². The molecule has 1 heterocycles. The van der Waals surface area contributed by atoms with Crippen LogP contribution in [-0.4, -0.2) is 34.2 Å². The van der Waals surface area contributed by atoms with E-state index >= 15 is 0 Å². The predicted octanol–water partition coefficient (Wildman–Crippen LogP) is 3.05. The van der Waals surface area contributed by atoms with Crippen molar-refractivity contribution in [3.8, 4) is 0 Å². The van der Waals surface area contributed by atoms with Crippen molar-refractivity contribution in [3.63, 3.8) is 0 Å². The minimum Gasteiger partial charge on any atom is -0.449 e. The summed E-state index contributed by atoms with van der Waals surface area (Å²) in [6, 6.07) is 5.30. The highest BCUT2D eigenvalue weighted by molar-refractivity contribution is 5.95. The Morgan fingerprint density at radius 2 is 2.12 bits per heavy atom. The number of carbonyl (C=O) groups is 2. The highest BCUT2D eigenvalue weighted by Crippen LogP contribution is 2.49. The Morgan fingerprint density at radius 3 is 2.85 bits per heavy atom. The van der Waals surface area contributed by atoms with Crippen LogP contribution in [0, 0.1) is 17.8 Å². The highest BCUT2D eigenvalue weighted by Gasteiger charge is 2.42. The summed E-state index contributed by atoms with van der Waals surface area (Å²) in [4.78, 5) is 24.8. The smallest absolute Gasteiger partial charge is 0.338 e. The van der Waals surface area contributed by atoms with E-state index in [9.17, 15) is 9.59 Å². The van der Waals surface area contributed by atoms with Gasteiger partial charge in [-0.05, 0) is 63.0 Å². The first kappa shape index (κ1) is 17.1. The molecule has 138 valence electrons. The summed E-state index contributed by atoms with van der Waals surface area (Å²) >= 11 is 0. The van der Waals surface area contributed by atoms with E-state index in [0.717, 1.165) is 22.7 Å². The molecule has 26 heavy (non-hydrogen) atoms. The van der Waals surface area contributed by atoms with E-state index in [0.29, 0.717) is 11.5 Å². The van der Waals surface area contributed by atoms with Crippen LogP contribution < -0.4 is 5.32 Å². The maximum absolute atomic E-state index is 12.4. The average molecular weight is 355 g/mol. The monoisotopic (exact) mass is 355 g/mol. The van der Waals surface area contributed by atoms with Crippen LogP contribution in [0.25, 0.3) is 10.9 Å². The average Bonchev–Trinajstić information content (AvgIpc) is 3.36. The second kappa shape index (κ2) is 6.74. The number of hydrogen-bond donors (Lipinski definition) is 2. The standard InChI is InChI=1S/C20H25N3O3/c1-11(17-8-13-3-4-14(17)7-13)22-19(24)12(2)26-20(25)15-5-6-16-10-21-23-18(16)9-15/h5-6,9-14,17H,3-4,7-8H2,1-2H3,(H,21,23)(H,22,24)/t11-,12+,13+,14+,17+/m1/s1. The minimum absolute atomic E-state index is 0.125. The lowest BCUT2D eigenvalue weighted by Gasteiger charge is -2.29. The molecule has 5 atom stereocenters. The van der Waals surface area contributed by atoms with E-state index in [1.165, 1.54) is 25.7 Å². The first-order valence-electron chi connectivity index (χ1n) is 9.45. The van der Waals surface area contributed by atoms with E-state index in [2.05, 4.69) is 22.4 Å². The first-order valence-corrected chi connectivity index (χ1v) is 9.45. The molecule has 0 aliphatic heterocycles. The van der Waals surface area contributed by atoms with Gasteiger partial charge in [-0.3, -0.25) is 9.89 Å². The number of rotatable bonds is 5. The van der Waals surface area contributed by atoms with E-state index in [1.54, 1.807) is 31.3 Å². The number of carbonyl (C=O) groups excluding carboxylic acids is 2. The summed E-state index contributed by atoms with van der Waals surface area (Å²) in [6.07, 6.45) is 6.03. The number of aromatic nitrogens is 2. The van der Waals surface area contributed by atoms with Gasteiger partial charge in [0.2, 0.25) is 0 Å². The molecule has 0 spiro atoms. The number of ether oxygens (including phenoxy) is 1. The van der Waals surface area contributed by atoms with Crippen molar-refractivity contribution in [2.75, 3.05) is 0 Å². The number of esters is 1. The van der Waals surface area contributed by atoms with Gasteiger partial charge in [-0.2, -0.15) is 5.10 Å². The zero-order valence-corrected chi connectivity index (χ0v) is 15.2. The molecule has 1 amide bonds. The van der Waals surface area contributed by atoms with Crippen LogP contribution in [0.2, 0.25) is 0 Å². The zero-order valence-electron chi connectivity index (χ0n) is 15.2. The Bertz CT molecular complexity index is 831. The van der Waals surface area contributed by atoms with Crippen molar-refractivity contribution in [3.05, 3.63) is 30.0 Å². The number of nitrogens with zero attached hydrogens (tertiary/aromatic N) is 1. The largest absolute Gasteiger partial charge is 0.449 e. The van der Waals surface area contributed by atoms with Crippen LogP contribution in [0.4, 0.5) is 0 Å². The molecular weight excluding hydrogens is 330 g/mol. The van der Waals surface area contributed by atoms with Crippen molar-refractivity contribution in [2.24, 2.45) is 17.8 Å². The molecule has 2 saturated carbocycles. The van der Waals surface area contributed by atoms with Crippen molar-refractivity contribution in [1.82, 2.24) is 15.5 Å². The van der Waals surface area contributed by atoms with Crippen LogP contribution in [0.5, 0.6) is 0 Å². The fraction of sp³-hybridized carbons (Fsp3) is 0.550. The van der Waals surface area contributed by atoms with Crippen molar-refractivity contribution in [2.45, 2.75) is 51.7 Å². The maximum atomic E-state index is 12.4. The first-order chi connectivity index (χ1) is 12.5. The molecule has 1 aromatic heterocycles. The lowest BCUT2D eigenvalue weighted by Crippen LogP contribution is -2.45. The predicted molar refractivity (Wildman–Crippen MR) is 97.5 cm³/mol. The SMILES string of the molecule is C[C@H](OC(=O)c1ccc2cn[nH]c2c1)C(=O)N[C@H](C)[C@@H]1C[C@H]2CC[C@H]1C2. The molecule has 0 radical (unpaired) electrons. The van der Waals surface area contributed by atoms with Crippen molar-refractivity contribution < 1.29 is 14.3 Å². The summed E-state index contributed by atoms with van der Waals surface area (Å²) < 4.78 is 5.36. The van der Waals surface area contributed by atoms with Gasteiger partial charge in [0.25, 0.3) is 5.91 Å². The second-order valence-corrected chi connectivity index (χ2v) is 7.86. The Balaban J connectivity index is 1.33. The molecule has 2 N–H and O–H groups in total. The summed E-state index contributed by atoms with van der Waals surface area (Å²) in [5, 5.41) is 10.7. The molecule has 0 unspecified atom stereocenters. The fourth-order valence-electron chi connectivity index (χ4n) is 4.70. The van der Waals surface area contributed by atoms with Gasteiger partial charge >= 0.3 is 5.97 Å². The molecule has 6 nitrogen and oxygen atoms in total. The Hall–Kier alpha value is -2.37. The third-order valence-electron chi connectivity index (χ3n) is 6.14. The highest BCUT2D eigenvalue weighted by atomic mass is 16.5. The zero-order chi connectivity index (χ0) is 18.3. The Kier molecular flexibility index (Phi) is 4.42. The van der Waals surface area contributed by atoms with Crippen LogP contribution in [0.15, 0.2) is 24.4 Å². The number of hydrogen-bond acceptors (Lipinski definition) is 4. The third-order valence-corrected chi connectivity index (χ3v) is 6.14. The van der Waals surface area contributed by atoms with Crippen molar-refractivity contribution in [1.29, 1.82) is 0 Å². The number of benzene rings is 1. The van der Waals surface area contributed by atoms with E-state index < -0.39 is 12.1 Å². The second-order valence-electron chi connectivity index (χ2n) is 7.86. The fourth-order valence-corrected chi connectivity index (χ4v) is 4.70. The molecule has 2 aliphatic rings. The molecule has 2 aliphatic carbocycles. The summed E-state index contributed by atoms with van der Waals surface area (Å²) in [6.45, 7) is 3.69. The van der Waals surface area contributed by atoms with Crippen LogP contribution in [-0.2, 0) is 9.53 Å². The molecule has 2 fully saturated rings. The van der Waals surface area contributed by atoms with Gasteiger partial charge in [0.1, 0.15) is 0 Å². The molecular formula is C20H25N3O3. The molecule has 6 heteroatoms. The third kappa shape index (κ3) is 3.20. The summed E-state index contributed by atoms with van der Waals surface area (Å²) in [5.41, 5.74) is 1.17. The van der Waals surface area contributed by atoms with Gasteiger partial charge in [0, 0.05) is 11.4 Å². The Labute approximate surface area is 152 Å². The summed E-state index contributed by atoms with van der Waals surface area (Å²) in [7, 11) is 0. The summed E-state index contributed by atoms with van der Waals surface area (Å²) in [5.74, 6) is 1.42. The molecule has 2 bridgehead atoms. The quantitative estimate of drug-likeness (QED) is 0.808. The van der Waals surface area contributed by atoms with Gasteiger partial charge in [0.15, 0.2) is 6.10 Å². The normalized spacial score (nSPS) is 26.6. The van der Waals surface area contributed by atoms with Gasteiger partial charge in [-0.1, -0.05) is 12.5 Å². The molecule has 4 rings (SSSR count). The van der Waals surface area contributed by atoms with Crippen LogP contribution in [0.3, 0.4) is 0 Å². The number of aromatic amines is 1. The van der Waals surface area contributed by atoms with E-state index in [4.69, 9.17) is 4.74 Å². The maximum Gasteiger partial charge on any atom is 0.338 e. The molecule has 2 aromatic rings. The van der Waals surface area contributed by atoms with Gasteiger partial charge in [0.05, 0.1) is 17.3 Å². The van der Waals surface area contributed by atoms with Crippen LogP contribution >= 0.6 is 0 Å². The number of amides is 1. The molecule has 1 aromatic carbocycles. The van der Waals surface area contributed by atoms with Gasteiger partial charge < -0.3 is 10.1 Å². The number of H-pyrrole nitrogens is 1. The molecule has 0 saturated heterocycles. The van der Waals surface area contributed by atoms with Gasteiger partial charge in [-0.15, -0.1) is 0 Å². The van der Waals surface area contributed by atoms with Crippen LogP contribution in [0.1, 0.15) is 49.9 Å². The lowest BCUT2D eigenvalue weighted by molar-refractivity contribution is -0.130. The number of fused-ring (bicyclic) bond motifs is 3. The minimum atomic E-state index is -0.819. The number of nitrogens with one attached hydrogen (secondary N) is 2. The topological polar surface area (TPSA) is 84.1 Å². The Morgan fingerprint density at radius 1 is 1.27 bits per heavy atom. The van der Waals surface area contributed by atoms with Crippen molar-refractivity contribution >= 4 is 22.8 Å². The van der Waals surface area contributed by atoms with E-state index in [1.807, 2.05) is 0 Å². The van der Waals surface area contributed by atoms with Gasteiger partial charge in [-0.25, -0.2) is 4.79 Å².